The number of nitrogens with zero attached hydrogens (tertiary/aromatic N) is 1. The first-order chi connectivity index (χ1) is 37.0. The smallest absolute Gasteiger partial charge is 0.326 e. The van der Waals surface area contributed by atoms with Gasteiger partial charge in [-0.05, 0) is 45.1 Å². The van der Waals surface area contributed by atoms with Crippen molar-refractivity contribution in [1.29, 1.82) is 0 Å². The molecule has 0 aromatic rings. The number of carbonyl (C=O) groups is 9. The Bertz CT molecular complexity index is 1680. The molecule has 0 saturated carbocycles. The molecule has 0 aliphatic heterocycles. The van der Waals surface area contributed by atoms with Crippen LogP contribution in [0.3, 0.4) is 0 Å². The number of nitrogens with one attached hydrogen (secondary N) is 2. The summed E-state index contributed by atoms with van der Waals surface area (Å²) in [7, 11) is 0. The lowest BCUT2D eigenvalue weighted by atomic mass is 9.81. The van der Waals surface area contributed by atoms with E-state index >= 15 is 0 Å². The summed E-state index contributed by atoms with van der Waals surface area (Å²) in [4.78, 5) is 116. The second kappa shape index (κ2) is 47.6. The monoisotopic (exact) mass is 1110 g/mol. The lowest BCUT2D eigenvalue weighted by Gasteiger charge is -2.39. The quantitative estimate of drug-likeness (QED) is 0.00707. The average Bonchev–Trinajstić information content (AvgIpc) is 3.39. The van der Waals surface area contributed by atoms with Gasteiger partial charge >= 0.3 is 29.8 Å². The summed E-state index contributed by atoms with van der Waals surface area (Å²) in [5, 5.41) is 32.8. The number of carboxylic acids is 3. The summed E-state index contributed by atoms with van der Waals surface area (Å²) in [6, 6.07) is -3.10. The van der Waals surface area contributed by atoms with Crippen LogP contribution in [0, 0.1) is 0 Å². The van der Waals surface area contributed by atoms with Crippen molar-refractivity contribution in [2.45, 2.75) is 269 Å². The number of ketones is 1. The van der Waals surface area contributed by atoms with Crippen LogP contribution in [0.2, 0.25) is 0 Å². The van der Waals surface area contributed by atoms with Crippen molar-refractivity contribution in [3.8, 4) is 0 Å². The maximum absolute atomic E-state index is 14.3. The minimum absolute atomic E-state index is 0.00492. The molecule has 0 aliphatic rings. The largest absolute Gasteiger partial charge is 0.481 e. The number of hydrogen-bond acceptors (Lipinski definition) is 15. The Morgan fingerprint density at radius 1 is 0.584 bits per heavy atom. The number of hydrazine groups is 1. The molecule has 21 heteroatoms. The molecule has 0 bridgehead atoms. The van der Waals surface area contributed by atoms with Crippen molar-refractivity contribution < 1.29 is 67.9 Å². The Kier molecular flexibility index (Phi) is 45.0. The van der Waals surface area contributed by atoms with E-state index in [9.17, 15) is 53.4 Å². The van der Waals surface area contributed by atoms with Crippen molar-refractivity contribution in [1.82, 2.24) is 15.6 Å². The number of thioether (sulfide) groups is 1. The Morgan fingerprint density at radius 2 is 1.05 bits per heavy atom. The maximum Gasteiger partial charge on any atom is 0.326 e. The van der Waals surface area contributed by atoms with Crippen LogP contribution in [0.15, 0.2) is 0 Å². The number of unbranched alkanes of at least 4 members (excludes halogenated alkanes) is 25. The number of Topliss-reactive ketones (excluding diaryl/α,β-unsaturated/α-hetero) is 1. The lowest BCUT2D eigenvalue weighted by molar-refractivity contribution is -0.158. The molecule has 0 aromatic carbocycles. The molecule has 0 saturated heterocycles. The zero-order chi connectivity index (χ0) is 57.5. The number of carboxylic acid groups (broad SMARTS) is 3. The molecule has 0 unspecified atom stereocenters. The van der Waals surface area contributed by atoms with E-state index in [1.807, 2.05) is 0 Å². The van der Waals surface area contributed by atoms with Crippen LogP contribution in [0.5, 0.6) is 0 Å². The van der Waals surface area contributed by atoms with E-state index in [-0.39, 0.29) is 43.9 Å². The van der Waals surface area contributed by atoms with Crippen LogP contribution in [0.4, 0.5) is 0 Å². The van der Waals surface area contributed by atoms with Gasteiger partial charge in [-0.15, -0.1) is 0 Å². The molecule has 446 valence electrons. The molecule has 0 heterocycles. The van der Waals surface area contributed by atoms with E-state index in [1.54, 1.807) is 0 Å². The van der Waals surface area contributed by atoms with Crippen molar-refractivity contribution in [2.24, 2.45) is 17.3 Å². The topological polar surface area (TPSA) is 338 Å². The zero-order valence-corrected chi connectivity index (χ0v) is 48.0. The first-order valence-electron chi connectivity index (χ1n) is 29.2. The molecule has 0 radical (unpaired) electrons. The third kappa shape index (κ3) is 37.2. The summed E-state index contributed by atoms with van der Waals surface area (Å²) < 4.78 is 11.4. The average molecular weight is 1120 g/mol. The molecular formula is C56H102N6O14S. The SMILES string of the molecule is CCCCCCCCCCCCCCCC(=O)OC[C@H](CSCCC(=O)N(N)[C@@](CCC(=O)O)(C(=O)NCC(=O)N[C@H](CCC(=O)O)C(=O)O)C(=O)[C@@H](N)CCCCN)OC(=O)CCCCCCCCCCCCCCC. The summed E-state index contributed by atoms with van der Waals surface area (Å²) in [6.45, 7) is 3.52. The summed E-state index contributed by atoms with van der Waals surface area (Å²) in [5.74, 6) is -3.28. The highest BCUT2D eigenvalue weighted by Gasteiger charge is 2.53. The summed E-state index contributed by atoms with van der Waals surface area (Å²) >= 11 is 1.15. The number of ether oxygens (including phenoxy) is 2. The molecule has 4 atom stereocenters. The number of carbonyl (C=O) groups excluding carboxylic acids is 6. The first kappa shape index (κ1) is 72.7. The van der Waals surface area contributed by atoms with Crippen LogP contribution >= 0.6 is 11.8 Å². The lowest BCUT2D eigenvalue weighted by Crippen LogP contribution is -2.71. The van der Waals surface area contributed by atoms with Gasteiger partial charge in [-0.2, -0.15) is 11.8 Å². The van der Waals surface area contributed by atoms with Crippen LogP contribution < -0.4 is 27.9 Å². The molecule has 0 aromatic heterocycles. The van der Waals surface area contributed by atoms with E-state index in [1.165, 1.54) is 109 Å². The van der Waals surface area contributed by atoms with Gasteiger partial charge < -0.3 is 46.9 Å². The number of nitrogens with two attached hydrogens (primary N) is 3. The van der Waals surface area contributed by atoms with Gasteiger partial charge in [0.05, 0.1) is 12.6 Å². The Morgan fingerprint density at radius 3 is 1.51 bits per heavy atom. The number of esters is 2. The van der Waals surface area contributed by atoms with Crippen molar-refractivity contribution >= 4 is 65.1 Å². The molecule has 77 heavy (non-hydrogen) atoms. The van der Waals surface area contributed by atoms with Gasteiger partial charge in [-0.1, -0.05) is 174 Å². The van der Waals surface area contributed by atoms with Gasteiger partial charge in [-0.25, -0.2) is 10.6 Å². The minimum atomic E-state index is -2.76. The predicted molar refractivity (Wildman–Crippen MR) is 299 cm³/mol. The fraction of sp³-hybridized carbons (Fsp3) is 0.839. The normalized spacial score (nSPS) is 13.2. The number of hydrogen-bond donors (Lipinski definition) is 8. The molecule has 0 spiro atoms. The van der Waals surface area contributed by atoms with Crippen LogP contribution in [0.25, 0.3) is 0 Å². The predicted octanol–water partition coefficient (Wildman–Crippen LogP) is 8.41. The van der Waals surface area contributed by atoms with E-state index in [0.717, 1.165) is 56.7 Å². The molecule has 0 aliphatic carbocycles. The third-order valence-corrected chi connectivity index (χ3v) is 14.7. The van der Waals surface area contributed by atoms with E-state index < -0.39 is 116 Å². The van der Waals surface area contributed by atoms with Crippen molar-refractivity contribution in [2.75, 3.05) is 31.2 Å². The van der Waals surface area contributed by atoms with Crippen LogP contribution in [0.1, 0.15) is 245 Å². The number of aliphatic carboxylic acids is 3. The molecule has 20 nitrogen and oxygen atoms in total. The van der Waals surface area contributed by atoms with Crippen molar-refractivity contribution in [3.63, 3.8) is 0 Å². The highest BCUT2D eigenvalue weighted by Crippen LogP contribution is 2.26. The van der Waals surface area contributed by atoms with E-state index in [4.69, 9.17) is 31.9 Å². The van der Waals surface area contributed by atoms with Crippen LogP contribution in [-0.4, -0.2) is 129 Å². The second-order valence-corrected chi connectivity index (χ2v) is 21.6. The molecule has 0 fully saturated rings. The molecular weight excluding hydrogens is 1010 g/mol. The Balaban J connectivity index is 5.85. The van der Waals surface area contributed by atoms with Gasteiger partial charge in [0.2, 0.25) is 11.8 Å². The standard InChI is InChI=1S/C56H102N6O14S/c1-3-5-7-9-11-13-15-17-19-21-23-25-27-32-51(69)75-42-44(76-52(70)33-28-26-24-22-20-18-16-14-12-10-8-6-4-2)43-77-40-37-48(64)62(59)56(38-36-50(67)68,53(71)45(58)31-29-30-39-57)55(74)60-41-47(63)61-46(54(72)73)34-35-49(65)66/h44-46H,3-43,57-59H2,1-2H3,(H,60,74)(H,61,63)(H,65,66)(H,67,68)(H,72,73)/t44-,45+,46-,56-/m1/s1. The van der Waals surface area contributed by atoms with E-state index in [2.05, 4.69) is 24.5 Å². The summed E-state index contributed by atoms with van der Waals surface area (Å²) in [5.41, 5.74) is 9.12. The first-order valence-corrected chi connectivity index (χ1v) is 30.4. The third-order valence-electron chi connectivity index (χ3n) is 13.6. The van der Waals surface area contributed by atoms with Crippen molar-refractivity contribution in [3.05, 3.63) is 0 Å². The highest BCUT2D eigenvalue weighted by atomic mass is 32.2. The molecule has 11 N–H and O–H groups in total. The minimum Gasteiger partial charge on any atom is -0.481 e. The van der Waals surface area contributed by atoms with Gasteiger partial charge in [0.15, 0.2) is 11.3 Å². The fourth-order valence-corrected chi connectivity index (χ4v) is 9.82. The van der Waals surface area contributed by atoms with Gasteiger partial charge in [0, 0.05) is 43.6 Å². The Hall–Kier alpha value is -4.34. The second-order valence-electron chi connectivity index (χ2n) is 20.5. The fourth-order valence-electron chi connectivity index (χ4n) is 8.91. The Labute approximate surface area is 464 Å². The maximum atomic E-state index is 14.3. The zero-order valence-electron chi connectivity index (χ0n) is 47.1. The van der Waals surface area contributed by atoms with Gasteiger partial charge in [0.25, 0.3) is 5.91 Å². The van der Waals surface area contributed by atoms with Gasteiger partial charge in [-0.3, -0.25) is 43.4 Å². The van der Waals surface area contributed by atoms with E-state index in [0.29, 0.717) is 30.7 Å². The number of rotatable bonds is 54. The summed E-state index contributed by atoms with van der Waals surface area (Å²) in [6.07, 6.45) is 27.2. The van der Waals surface area contributed by atoms with Crippen LogP contribution in [-0.2, 0) is 52.6 Å². The van der Waals surface area contributed by atoms with Gasteiger partial charge in [0.1, 0.15) is 18.8 Å². The molecule has 0 rings (SSSR count). The number of amides is 3. The molecule has 3 amide bonds. The highest BCUT2D eigenvalue weighted by molar-refractivity contribution is 7.99.